The molecule has 1 aliphatic heterocycles. The topological polar surface area (TPSA) is 58.6 Å². The molecule has 1 saturated carbocycles. The summed E-state index contributed by atoms with van der Waals surface area (Å²) in [5.74, 6) is 0.510. The summed E-state index contributed by atoms with van der Waals surface area (Å²) in [6.45, 7) is 6.97. The van der Waals surface area contributed by atoms with Crippen LogP contribution in [-0.2, 0) is 9.53 Å². The molecule has 0 radical (unpaired) electrons. The highest BCUT2D eigenvalue weighted by Crippen LogP contribution is 2.31. The molecule has 1 saturated heterocycles. The predicted molar refractivity (Wildman–Crippen MR) is 71.7 cm³/mol. The van der Waals surface area contributed by atoms with Crippen molar-refractivity contribution < 1.29 is 14.3 Å². The number of piperidine rings is 1. The third kappa shape index (κ3) is 4.40. The maximum atomic E-state index is 12.0. The smallest absolute Gasteiger partial charge is 0.407 e. The highest BCUT2D eigenvalue weighted by atomic mass is 16.6. The number of alkyl carbamates (subject to hydrolysis) is 1. The Balaban J connectivity index is 1.80. The third-order valence-electron chi connectivity index (χ3n) is 3.38. The van der Waals surface area contributed by atoms with Gasteiger partial charge in [0.25, 0.3) is 0 Å². The molecule has 2 rings (SSSR count). The molecule has 108 valence electrons. The molecule has 0 bridgehead atoms. The second kappa shape index (κ2) is 5.39. The van der Waals surface area contributed by atoms with Gasteiger partial charge in [0.05, 0.1) is 0 Å². The molecule has 5 heteroatoms. The number of amides is 2. The second-order valence-corrected chi connectivity index (χ2v) is 6.54. The van der Waals surface area contributed by atoms with E-state index in [9.17, 15) is 9.59 Å². The van der Waals surface area contributed by atoms with Gasteiger partial charge in [-0.1, -0.05) is 0 Å². The first-order valence-corrected chi connectivity index (χ1v) is 7.13. The molecular formula is C14H24N2O3. The molecule has 2 amide bonds. The first kappa shape index (κ1) is 14.2. The molecular weight excluding hydrogens is 244 g/mol. The van der Waals surface area contributed by atoms with Crippen molar-refractivity contribution in [1.29, 1.82) is 0 Å². The Bertz CT molecular complexity index is 358. The minimum absolute atomic E-state index is 0.0197. The molecule has 1 heterocycles. The predicted octanol–water partition coefficient (Wildman–Crippen LogP) is 1.91. The van der Waals surface area contributed by atoms with Gasteiger partial charge in [0.1, 0.15) is 5.60 Å². The van der Waals surface area contributed by atoms with Gasteiger partial charge in [-0.2, -0.15) is 0 Å². The van der Waals surface area contributed by atoms with Gasteiger partial charge >= 0.3 is 6.09 Å². The van der Waals surface area contributed by atoms with Crippen molar-refractivity contribution in [1.82, 2.24) is 10.2 Å². The van der Waals surface area contributed by atoms with Crippen LogP contribution < -0.4 is 5.32 Å². The second-order valence-electron chi connectivity index (χ2n) is 6.54. The Hall–Kier alpha value is -1.26. The molecule has 0 aromatic heterocycles. The van der Waals surface area contributed by atoms with Crippen molar-refractivity contribution in [2.75, 3.05) is 13.1 Å². The zero-order valence-corrected chi connectivity index (χ0v) is 12.1. The minimum atomic E-state index is -0.484. The van der Waals surface area contributed by atoms with Crippen LogP contribution in [0, 0.1) is 5.92 Å². The van der Waals surface area contributed by atoms with Gasteiger partial charge in [0, 0.05) is 25.0 Å². The van der Waals surface area contributed by atoms with Gasteiger partial charge in [-0.25, -0.2) is 4.79 Å². The summed E-state index contributed by atoms with van der Waals surface area (Å²) in [7, 11) is 0. The van der Waals surface area contributed by atoms with Crippen LogP contribution in [0.1, 0.15) is 46.5 Å². The van der Waals surface area contributed by atoms with E-state index in [-0.39, 0.29) is 17.9 Å². The summed E-state index contributed by atoms with van der Waals surface area (Å²) in [5, 5.41) is 2.86. The summed E-state index contributed by atoms with van der Waals surface area (Å²) < 4.78 is 5.24. The zero-order valence-electron chi connectivity index (χ0n) is 12.1. The molecule has 19 heavy (non-hydrogen) atoms. The van der Waals surface area contributed by atoms with E-state index in [1.54, 1.807) is 0 Å². The Morgan fingerprint density at radius 2 is 1.89 bits per heavy atom. The molecule has 0 aromatic carbocycles. The standard InChI is InChI=1S/C14H24N2O3/c1-14(2,3)19-13(18)15-11-5-4-8-16(9-11)12(17)10-6-7-10/h10-11H,4-9H2,1-3H3,(H,15,18)/t11-/m0/s1. The van der Waals surface area contributed by atoms with Crippen molar-refractivity contribution in [3.05, 3.63) is 0 Å². The summed E-state index contributed by atoms with van der Waals surface area (Å²) >= 11 is 0. The van der Waals surface area contributed by atoms with Gasteiger partial charge in [-0.05, 0) is 46.5 Å². The number of hydrogen-bond acceptors (Lipinski definition) is 3. The summed E-state index contributed by atoms with van der Waals surface area (Å²) in [6.07, 6.45) is 3.52. The fourth-order valence-electron chi connectivity index (χ4n) is 2.36. The van der Waals surface area contributed by atoms with Crippen LogP contribution >= 0.6 is 0 Å². The minimum Gasteiger partial charge on any atom is -0.444 e. The summed E-state index contributed by atoms with van der Waals surface area (Å²) in [4.78, 5) is 25.6. The zero-order chi connectivity index (χ0) is 14.0. The average molecular weight is 268 g/mol. The highest BCUT2D eigenvalue weighted by Gasteiger charge is 2.35. The van der Waals surface area contributed by atoms with E-state index in [0.717, 1.165) is 32.2 Å². The van der Waals surface area contributed by atoms with Crippen molar-refractivity contribution in [2.24, 2.45) is 5.92 Å². The van der Waals surface area contributed by atoms with E-state index in [1.807, 2.05) is 25.7 Å². The maximum Gasteiger partial charge on any atom is 0.407 e. The van der Waals surface area contributed by atoms with Crippen LogP contribution in [0.25, 0.3) is 0 Å². The Morgan fingerprint density at radius 3 is 2.47 bits per heavy atom. The third-order valence-corrected chi connectivity index (χ3v) is 3.38. The van der Waals surface area contributed by atoms with E-state index in [2.05, 4.69) is 5.32 Å². The lowest BCUT2D eigenvalue weighted by Crippen LogP contribution is -2.50. The lowest BCUT2D eigenvalue weighted by atomic mass is 10.1. The largest absolute Gasteiger partial charge is 0.444 e. The maximum absolute atomic E-state index is 12.0. The van der Waals surface area contributed by atoms with E-state index in [1.165, 1.54) is 0 Å². The molecule has 1 N–H and O–H groups in total. The number of ether oxygens (including phenoxy) is 1. The van der Waals surface area contributed by atoms with Gasteiger partial charge in [0.15, 0.2) is 0 Å². The SMILES string of the molecule is CC(C)(C)OC(=O)N[C@H]1CCCN(C(=O)C2CC2)C1. The van der Waals surface area contributed by atoms with Gasteiger partial charge in [0.2, 0.25) is 5.91 Å². The normalized spacial score (nSPS) is 23.9. The highest BCUT2D eigenvalue weighted by molar-refractivity contribution is 5.81. The number of nitrogens with one attached hydrogen (secondary N) is 1. The lowest BCUT2D eigenvalue weighted by molar-refractivity contribution is -0.133. The van der Waals surface area contributed by atoms with Gasteiger partial charge in [-0.3, -0.25) is 4.79 Å². The lowest BCUT2D eigenvalue weighted by Gasteiger charge is -2.33. The molecule has 0 spiro atoms. The number of rotatable bonds is 2. The van der Waals surface area contributed by atoms with E-state index in [4.69, 9.17) is 4.74 Å². The fourth-order valence-corrected chi connectivity index (χ4v) is 2.36. The first-order chi connectivity index (χ1) is 8.85. The molecule has 2 aliphatic rings. The van der Waals surface area contributed by atoms with Crippen LogP contribution in [-0.4, -0.2) is 41.6 Å². The molecule has 0 unspecified atom stereocenters. The molecule has 1 aliphatic carbocycles. The van der Waals surface area contributed by atoms with Crippen LogP contribution in [0.2, 0.25) is 0 Å². The first-order valence-electron chi connectivity index (χ1n) is 7.13. The number of carbonyl (C=O) groups is 2. The number of likely N-dealkylation sites (tertiary alicyclic amines) is 1. The van der Waals surface area contributed by atoms with Crippen LogP contribution in [0.4, 0.5) is 4.79 Å². The van der Waals surface area contributed by atoms with Gasteiger partial charge in [-0.15, -0.1) is 0 Å². The Morgan fingerprint density at radius 1 is 1.21 bits per heavy atom. The van der Waals surface area contributed by atoms with E-state index in [0.29, 0.717) is 6.54 Å². The van der Waals surface area contributed by atoms with Crippen LogP contribution in [0.5, 0.6) is 0 Å². The van der Waals surface area contributed by atoms with Crippen molar-refractivity contribution in [2.45, 2.75) is 58.1 Å². The van der Waals surface area contributed by atoms with Crippen LogP contribution in [0.3, 0.4) is 0 Å². The fraction of sp³-hybridized carbons (Fsp3) is 0.857. The summed E-state index contributed by atoms with van der Waals surface area (Å²) in [5.41, 5.74) is -0.484. The van der Waals surface area contributed by atoms with Crippen molar-refractivity contribution in [3.63, 3.8) is 0 Å². The monoisotopic (exact) mass is 268 g/mol. The Kier molecular flexibility index (Phi) is 4.02. The number of nitrogens with zero attached hydrogens (tertiary/aromatic N) is 1. The number of hydrogen-bond donors (Lipinski definition) is 1. The molecule has 0 aromatic rings. The van der Waals surface area contributed by atoms with E-state index < -0.39 is 11.7 Å². The van der Waals surface area contributed by atoms with Crippen LogP contribution in [0.15, 0.2) is 0 Å². The molecule has 5 nitrogen and oxygen atoms in total. The average Bonchev–Trinajstić information content (AvgIpc) is 3.09. The summed E-state index contributed by atoms with van der Waals surface area (Å²) in [6, 6.07) is 0.0197. The quantitative estimate of drug-likeness (QED) is 0.832. The molecule has 1 atom stereocenters. The Labute approximate surface area is 114 Å². The van der Waals surface area contributed by atoms with Crippen molar-refractivity contribution >= 4 is 12.0 Å². The molecule has 2 fully saturated rings. The van der Waals surface area contributed by atoms with Crippen molar-refractivity contribution in [3.8, 4) is 0 Å². The van der Waals surface area contributed by atoms with E-state index >= 15 is 0 Å². The van der Waals surface area contributed by atoms with Gasteiger partial charge < -0.3 is 15.0 Å². The number of carbonyl (C=O) groups excluding carboxylic acids is 2.